The van der Waals surface area contributed by atoms with Gasteiger partial charge in [0.1, 0.15) is 5.75 Å². The Kier molecular flexibility index (Phi) is 5.73. The second-order valence-electron chi connectivity index (χ2n) is 7.38. The Hall–Kier alpha value is -0.540. The van der Waals surface area contributed by atoms with Crippen LogP contribution in [0.1, 0.15) is 58.9 Å². The van der Waals surface area contributed by atoms with E-state index >= 15 is 0 Å². The van der Waals surface area contributed by atoms with Gasteiger partial charge >= 0.3 is 0 Å². The summed E-state index contributed by atoms with van der Waals surface area (Å²) in [5.74, 6) is 1.77. The van der Waals surface area contributed by atoms with Gasteiger partial charge in [-0.15, -0.1) is 0 Å². The number of hydrogen-bond acceptors (Lipinski definition) is 2. The van der Waals surface area contributed by atoms with E-state index in [0.717, 1.165) is 22.7 Å². The summed E-state index contributed by atoms with van der Waals surface area (Å²) in [6, 6.07) is 6.43. The Morgan fingerprint density at radius 3 is 2.67 bits per heavy atom. The first-order valence-electron chi connectivity index (χ1n) is 8.03. The molecular weight excluding hydrogens is 326 g/mol. The minimum absolute atomic E-state index is 0.139. The van der Waals surface area contributed by atoms with Gasteiger partial charge in [0, 0.05) is 12.1 Å². The van der Waals surface area contributed by atoms with Gasteiger partial charge in [-0.3, -0.25) is 0 Å². The zero-order chi connectivity index (χ0) is 15.5. The summed E-state index contributed by atoms with van der Waals surface area (Å²) in [5.41, 5.74) is 1.42. The molecule has 0 aromatic heterocycles. The lowest BCUT2D eigenvalue weighted by molar-refractivity contribution is 0.128. The molecule has 1 N–H and O–H groups in total. The molecule has 0 aliphatic heterocycles. The second kappa shape index (κ2) is 7.15. The molecule has 0 saturated heterocycles. The molecule has 2 rings (SSSR count). The summed E-state index contributed by atoms with van der Waals surface area (Å²) >= 11 is 3.66. The van der Waals surface area contributed by atoms with Gasteiger partial charge in [-0.2, -0.15) is 0 Å². The van der Waals surface area contributed by atoms with Crippen LogP contribution in [0.3, 0.4) is 0 Å². The van der Waals surface area contributed by atoms with Crippen LogP contribution in [0.25, 0.3) is 0 Å². The minimum atomic E-state index is 0.139. The van der Waals surface area contributed by atoms with E-state index in [-0.39, 0.29) is 5.54 Å². The van der Waals surface area contributed by atoms with Gasteiger partial charge in [-0.05, 0) is 79.6 Å². The van der Waals surface area contributed by atoms with Crippen molar-refractivity contribution in [2.75, 3.05) is 0 Å². The normalized spacial score (nSPS) is 23.1. The van der Waals surface area contributed by atoms with Crippen molar-refractivity contribution in [2.24, 2.45) is 5.92 Å². The Balaban J connectivity index is 1.95. The lowest BCUT2D eigenvalue weighted by atomic mass is 9.89. The molecule has 0 bridgehead atoms. The fourth-order valence-corrected chi connectivity index (χ4v) is 3.30. The highest BCUT2D eigenvalue weighted by Gasteiger charge is 2.21. The summed E-state index contributed by atoms with van der Waals surface area (Å²) in [6.07, 6.45) is 5.38. The predicted octanol–water partition coefficient (Wildman–Crippen LogP) is 5.29. The standard InChI is InChI=1S/C18H28BrNO/c1-13-6-5-7-15(10-13)21-17-9-8-14(11-16(17)19)12-20-18(2,3)4/h8-9,11,13,15,20H,5-7,10,12H2,1-4H3. The van der Waals surface area contributed by atoms with Crippen molar-refractivity contribution >= 4 is 15.9 Å². The van der Waals surface area contributed by atoms with E-state index in [2.05, 4.69) is 67.1 Å². The summed E-state index contributed by atoms with van der Waals surface area (Å²) in [5, 5.41) is 3.51. The summed E-state index contributed by atoms with van der Waals surface area (Å²) in [6.45, 7) is 9.76. The molecule has 0 radical (unpaired) electrons. The number of ether oxygens (including phenoxy) is 1. The van der Waals surface area contributed by atoms with Crippen molar-refractivity contribution in [3.63, 3.8) is 0 Å². The molecule has 1 aliphatic rings. The zero-order valence-corrected chi connectivity index (χ0v) is 15.3. The Morgan fingerprint density at radius 1 is 1.29 bits per heavy atom. The largest absolute Gasteiger partial charge is 0.489 e. The van der Waals surface area contributed by atoms with E-state index in [1.54, 1.807) is 0 Å². The van der Waals surface area contributed by atoms with E-state index in [1.807, 2.05) is 0 Å². The fraction of sp³-hybridized carbons (Fsp3) is 0.667. The van der Waals surface area contributed by atoms with Gasteiger partial charge < -0.3 is 10.1 Å². The lowest BCUT2D eigenvalue weighted by Crippen LogP contribution is -2.35. The first-order valence-corrected chi connectivity index (χ1v) is 8.83. The van der Waals surface area contributed by atoms with Gasteiger partial charge in [0.2, 0.25) is 0 Å². The highest BCUT2D eigenvalue weighted by Crippen LogP contribution is 2.32. The van der Waals surface area contributed by atoms with Gasteiger partial charge in [-0.1, -0.05) is 19.4 Å². The van der Waals surface area contributed by atoms with Crippen LogP contribution in [0.15, 0.2) is 22.7 Å². The maximum Gasteiger partial charge on any atom is 0.133 e. The third-order valence-corrected chi connectivity index (χ3v) is 4.62. The fourth-order valence-electron chi connectivity index (χ4n) is 2.78. The Morgan fingerprint density at radius 2 is 2.05 bits per heavy atom. The highest BCUT2D eigenvalue weighted by atomic mass is 79.9. The summed E-state index contributed by atoms with van der Waals surface area (Å²) in [7, 11) is 0. The van der Waals surface area contributed by atoms with Gasteiger partial charge in [-0.25, -0.2) is 0 Å². The van der Waals surface area contributed by atoms with Crippen molar-refractivity contribution in [1.29, 1.82) is 0 Å². The summed E-state index contributed by atoms with van der Waals surface area (Å²) < 4.78 is 7.25. The van der Waals surface area contributed by atoms with E-state index in [9.17, 15) is 0 Å². The molecule has 2 atom stereocenters. The molecule has 0 spiro atoms. The number of benzene rings is 1. The summed E-state index contributed by atoms with van der Waals surface area (Å²) in [4.78, 5) is 0. The van der Waals surface area contributed by atoms with E-state index in [4.69, 9.17) is 4.74 Å². The Labute approximate surface area is 137 Å². The van der Waals surface area contributed by atoms with Crippen molar-refractivity contribution < 1.29 is 4.74 Å². The molecular formula is C18H28BrNO. The zero-order valence-electron chi connectivity index (χ0n) is 13.7. The number of hydrogen-bond donors (Lipinski definition) is 1. The van der Waals surface area contributed by atoms with Crippen LogP contribution < -0.4 is 10.1 Å². The molecule has 1 saturated carbocycles. The van der Waals surface area contributed by atoms with Crippen molar-refractivity contribution in [1.82, 2.24) is 5.32 Å². The van der Waals surface area contributed by atoms with Crippen molar-refractivity contribution in [3.8, 4) is 5.75 Å². The molecule has 1 aromatic rings. The van der Waals surface area contributed by atoms with Crippen LogP contribution in [-0.4, -0.2) is 11.6 Å². The van der Waals surface area contributed by atoms with Gasteiger partial charge in [0.15, 0.2) is 0 Å². The quantitative estimate of drug-likeness (QED) is 0.793. The van der Waals surface area contributed by atoms with Crippen LogP contribution in [0.5, 0.6) is 5.75 Å². The molecule has 1 aromatic carbocycles. The van der Waals surface area contributed by atoms with E-state index < -0.39 is 0 Å². The van der Waals surface area contributed by atoms with Crippen LogP contribution in [0.4, 0.5) is 0 Å². The highest BCUT2D eigenvalue weighted by molar-refractivity contribution is 9.10. The number of rotatable bonds is 4. The van der Waals surface area contributed by atoms with Crippen molar-refractivity contribution in [3.05, 3.63) is 28.2 Å². The van der Waals surface area contributed by atoms with Crippen LogP contribution in [-0.2, 0) is 6.54 Å². The average molecular weight is 354 g/mol. The molecule has 21 heavy (non-hydrogen) atoms. The van der Waals surface area contributed by atoms with Gasteiger partial charge in [0.05, 0.1) is 10.6 Å². The van der Waals surface area contributed by atoms with E-state index in [0.29, 0.717) is 6.10 Å². The first-order chi connectivity index (χ1) is 9.83. The van der Waals surface area contributed by atoms with Crippen LogP contribution >= 0.6 is 15.9 Å². The lowest BCUT2D eigenvalue weighted by Gasteiger charge is -2.28. The van der Waals surface area contributed by atoms with E-state index in [1.165, 1.54) is 31.2 Å². The minimum Gasteiger partial charge on any atom is -0.489 e. The van der Waals surface area contributed by atoms with Crippen LogP contribution in [0.2, 0.25) is 0 Å². The average Bonchev–Trinajstić information content (AvgIpc) is 2.38. The van der Waals surface area contributed by atoms with Crippen molar-refractivity contribution in [2.45, 2.75) is 71.6 Å². The maximum atomic E-state index is 6.19. The monoisotopic (exact) mass is 353 g/mol. The molecule has 0 amide bonds. The Bertz CT molecular complexity index is 467. The first kappa shape index (κ1) is 16.8. The van der Waals surface area contributed by atoms with Crippen LogP contribution in [0, 0.1) is 5.92 Å². The molecule has 3 heteroatoms. The topological polar surface area (TPSA) is 21.3 Å². The molecule has 1 aliphatic carbocycles. The molecule has 2 unspecified atom stereocenters. The maximum absolute atomic E-state index is 6.19. The molecule has 118 valence electrons. The van der Waals surface area contributed by atoms with Gasteiger partial charge in [0.25, 0.3) is 0 Å². The molecule has 1 fully saturated rings. The predicted molar refractivity (Wildman–Crippen MR) is 92.8 cm³/mol. The SMILES string of the molecule is CC1CCCC(Oc2ccc(CNC(C)(C)C)cc2Br)C1. The third-order valence-electron chi connectivity index (χ3n) is 4.00. The third kappa shape index (κ3) is 5.63. The smallest absolute Gasteiger partial charge is 0.133 e. The second-order valence-corrected chi connectivity index (χ2v) is 8.23. The molecule has 2 nitrogen and oxygen atoms in total. The number of nitrogens with one attached hydrogen (secondary N) is 1. The number of halogens is 1. The molecule has 0 heterocycles.